The highest BCUT2D eigenvalue weighted by Crippen LogP contribution is 2.36. The van der Waals surface area contributed by atoms with E-state index in [1.807, 2.05) is 18.2 Å². The van der Waals surface area contributed by atoms with Crippen LogP contribution >= 0.6 is 11.6 Å². The van der Waals surface area contributed by atoms with Gasteiger partial charge >= 0.3 is 6.03 Å². The first-order valence-electron chi connectivity index (χ1n) is 12.7. The molecular weight excluding hydrogens is 500 g/mol. The Balaban J connectivity index is 1.50. The number of hydrogen-bond acceptors (Lipinski definition) is 5. The quantitative estimate of drug-likeness (QED) is 0.370. The van der Waals surface area contributed by atoms with Gasteiger partial charge in [0, 0.05) is 31.3 Å². The molecule has 2 N–H and O–H groups in total. The zero-order valence-corrected chi connectivity index (χ0v) is 22.6. The maximum Gasteiger partial charge on any atom is 0.319 e. The van der Waals surface area contributed by atoms with E-state index in [1.54, 1.807) is 38.5 Å². The molecule has 0 aromatic heterocycles. The topological polar surface area (TPSA) is 86.6 Å². The van der Waals surface area contributed by atoms with Crippen LogP contribution in [0.1, 0.15) is 24.0 Å². The normalized spacial score (nSPS) is 14.9. The Bertz CT molecular complexity index is 1280. The second kappa shape index (κ2) is 12.8. The molecule has 0 saturated carbocycles. The zero-order chi connectivity index (χ0) is 27.0. The smallest absolute Gasteiger partial charge is 0.319 e. The van der Waals surface area contributed by atoms with Gasteiger partial charge in [-0.2, -0.15) is 5.26 Å². The van der Waals surface area contributed by atoms with Gasteiger partial charge in [-0.05, 0) is 73.0 Å². The van der Waals surface area contributed by atoms with Gasteiger partial charge in [0.1, 0.15) is 5.75 Å². The fourth-order valence-electron chi connectivity index (χ4n) is 4.95. The number of halogens is 1. The second-order valence-electron chi connectivity index (χ2n) is 9.54. The number of ether oxygens (including phenoxy) is 2. The Hall–Kier alpha value is -3.57. The number of amides is 2. The number of urea groups is 1. The summed E-state index contributed by atoms with van der Waals surface area (Å²) in [5.74, 6) is 0.555. The van der Waals surface area contributed by atoms with Gasteiger partial charge in [-0.15, -0.1) is 0 Å². The molecule has 4 rings (SSSR count). The Morgan fingerprint density at radius 2 is 1.82 bits per heavy atom. The fraction of sp³-hybridized carbons (Fsp3) is 0.333. The molecule has 2 amide bonds. The molecule has 198 valence electrons. The Kier molecular flexibility index (Phi) is 9.24. The molecule has 1 aliphatic heterocycles. The SMILES string of the molecule is COCCN1CCC(CNC(=O)Nc2ccc(OC)c(Cl)c2)(c2ccc(-c3cccc(C#N)c3)cc2)CC1. The summed E-state index contributed by atoms with van der Waals surface area (Å²) in [6, 6.07) is 23.2. The van der Waals surface area contributed by atoms with Crippen molar-refractivity contribution < 1.29 is 14.3 Å². The number of piperidine rings is 1. The maximum atomic E-state index is 12.8. The van der Waals surface area contributed by atoms with E-state index < -0.39 is 0 Å². The first kappa shape index (κ1) is 27.5. The van der Waals surface area contributed by atoms with Gasteiger partial charge in [0.15, 0.2) is 0 Å². The third-order valence-electron chi connectivity index (χ3n) is 7.24. The van der Waals surface area contributed by atoms with Crippen molar-refractivity contribution in [3.8, 4) is 22.9 Å². The summed E-state index contributed by atoms with van der Waals surface area (Å²) in [6.07, 6.45) is 1.82. The lowest BCUT2D eigenvalue weighted by Gasteiger charge is -2.42. The number of rotatable bonds is 9. The number of methoxy groups -OCH3 is 2. The lowest BCUT2D eigenvalue weighted by molar-refractivity contribution is 0.109. The molecule has 0 atom stereocenters. The molecule has 8 heteroatoms. The van der Waals surface area contributed by atoms with E-state index in [4.69, 9.17) is 21.1 Å². The van der Waals surface area contributed by atoms with Crippen LogP contribution in [0.3, 0.4) is 0 Å². The van der Waals surface area contributed by atoms with Crippen molar-refractivity contribution in [2.24, 2.45) is 0 Å². The Morgan fingerprint density at radius 1 is 1.05 bits per heavy atom. The number of anilines is 1. The predicted octanol–water partition coefficient (Wildman–Crippen LogP) is 5.69. The highest BCUT2D eigenvalue weighted by molar-refractivity contribution is 6.32. The highest BCUT2D eigenvalue weighted by atomic mass is 35.5. The summed E-state index contributed by atoms with van der Waals surface area (Å²) < 4.78 is 10.5. The number of likely N-dealkylation sites (tertiary alicyclic amines) is 1. The van der Waals surface area contributed by atoms with Crippen molar-refractivity contribution in [1.29, 1.82) is 5.26 Å². The number of nitrogens with zero attached hydrogens (tertiary/aromatic N) is 2. The van der Waals surface area contributed by atoms with Gasteiger partial charge in [-0.1, -0.05) is 48.0 Å². The van der Waals surface area contributed by atoms with E-state index in [1.165, 1.54) is 5.56 Å². The fourth-order valence-corrected chi connectivity index (χ4v) is 5.20. The number of benzene rings is 3. The molecule has 0 radical (unpaired) electrons. The van der Waals surface area contributed by atoms with Crippen LogP contribution in [-0.4, -0.2) is 57.9 Å². The number of nitrogens with one attached hydrogen (secondary N) is 2. The van der Waals surface area contributed by atoms with Crippen LogP contribution < -0.4 is 15.4 Å². The van der Waals surface area contributed by atoms with Crippen molar-refractivity contribution in [2.45, 2.75) is 18.3 Å². The molecule has 1 aliphatic rings. The molecule has 0 spiro atoms. The summed E-state index contributed by atoms with van der Waals surface area (Å²) in [7, 11) is 3.28. The third kappa shape index (κ3) is 6.65. The number of hydrogen-bond donors (Lipinski definition) is 2. The molecule has 0 bridgehead atoms. The second-order valence-corrected chi connectivity index (χ2v) is 9.95. The van der Waals surface area contributed by atoms with Crippen LogP contribution in [0.2, 0.25) is 5.02 Å². The number of carbonyl (C=O) groups is 1. The van der Waals surface area contributed by atoms with E-state index >= 15 is 0 Å². The van der Waals surface area contributed by atoms with Crippen LogP contribution in [0.5, 0.6) is 5.75 Å². The zero-order valence-electron chi connectivity index (χ0n) is 21.8. The summed E-state index contributed by atoms with van der Waals surface area (Å²) in [5, 5.41) is 15.7. The van der Waals surface area contributed by atoms with Crippen LogP contribution in [0.15, 0.2) is 66.7 Å². The molecule has 38 heavy (non-hydrogen) atoms. The lowest BCUT2D eigenvalue weighted by Crippen LogP contribution is -2.50. The van der Waals surface area contributed by atoms with E-state index in [0.717, 1.165) is 43.6 Å². The van der Waals surface area contributed by atoms with Gasteiger partial charge < -0.3 is 25.0 Å². The van der Waals surface area contributed by atoms with Crippen LogP contribution in [0.4, 0.5) is 10.5 Å². The van der Waals surface area contributed by atoms with Crippen LogP contribution in [-0.2, 0) is 10.2 Å². The van der Waals surface area contributed by atoms with Gasteiger partial charge in [0.25, 0.3) is 0 Å². The first-order chi connectivity index (χ1) is 18.5. The molecule has 7 nitrogen and oxygen atoms in total. The molecule has 3 aromatic rings. The average Bonchev–Trinajstić information content (AvgIpc) is 2.96. The van der Waals surface area contributed by atoms with E-state index in [2.05, 4.69) is 45.9 Å². The number of nitriles is 1. The summed E-state index contributed by atoms with van der Waals surface area (Å²) in [4.78, 5) is 15.3. The molecule has 1 fully saturated rings. The van der Waals surface area contributed by atoms with Gasteiger partial charge in [-0.3, -0.25) is 0 Å². The lowest BCUT2D eigenvalue weighted by atomic mass is 9.72. The molecule has 3 aromatic carbocycles. The van der Waals surface area contributed by atoms with Gasteiger partial charge in [0.05, 0.1) is 30.4 Å². The van der Waals surface area contributed by atoms with Crippen molar-refractivity contribution in [1.82, 2.24) is 10.2 Å². The van der Waals surface area contributed by atoms with E-state index in [9.17, 15) is 10.1 Å². The monoisotopic (exact) mass is 532 g/mol. The largest absolute Gasteiger partial charge is 0.495 e. The maximum absolute atomic E-state index is 12.8. The minimum Gasteiger partial charge on any atom is -0.495 e. The van der Waals surface area contributed by atoms with Crippen LogP contribution in [0, 0.1) is 11.3 Å². The van der Waals surface area contributed by atoms with Crippen molar-refractivity contribution in [3.05, 3.63) is 82.9 Å². The number of carbonyl (C=O) groups excluding carboxylic acids is 1. The van der Waals surface area contributed by atoms with Crippen molar-refractivity contribution in [3.63, 3.8) is 0 Å². The third-order valence-corrected chi connectivity index (χ3v) is 7.54. The summed E-state index contributed by atoms with van der Waals surface area (Å²) in [5.41, 5.74) is 4.29. The first-order valence-corrected chi connectivity index (χ1v) is 13.0. The average molecular weight is 533 g/mol. The van der Waals surface area contributed by atoms with Crippen molar-refractivity contribution >= 4 is 23.3 Å². The molecular formula is C30H33ClN4O3. The molecule has 0 aliphatic carbocycles. The van der Waals surface area contributed by atoms with Crippen LogP contribution in [0.25, 0.3) is 11.1 Å². The Labute approximate surface area is 229 Å². The standard InChI is InChI=1S/C30H33ClN4O3/c1-37-17-16-35-14-12-30(13-15-35,21-33-29(36)34-26-10-11-28(38-2)27(31)19-26)25-8-6-23(7-9-25)24-5-3-4-22(18-24)20-32/h3-11,18-19H,12-17,21H2,1-2H3,(H2,33,34,36). The Morgan fingerprint density at radius 3 is 2.47 bits per heavy atom. The summed E-state index contributed by atoms with van der Waals surface area (Å²) >= 11 is 6.21. The molecule has 1 saturated heterocycles. The molecule has 1 heterocycles. The predicted molar refractivity (Wildman–Crippen MR) is 151 cm³/mol. The van der Waals surface area contributed by atoms with Crippen molar-refractivity contribution in [2.75, 3.05) is 52.3 Å². The minimum atomic E-state index is -0.280. The van der Waals surface area contributed by atoms with Gasteiger partial charge in [-0.25, -0.2) is 4.79 Å². The molecule has 0 unspecified atom stereocenters. The highest BCUT2D eigenvalue weighted by Gasteiger charge is 2.36. The minimum absolute atomic E-state index is 0.203. The summed E-state index contributed by atoms with van der Waals surface area (Å²) in [6.45, 7) is 3.95. The van der Waals surface area contributed by atoms with E-state index in [0.29, 0.717) is 35.2 Å². The van der Waals surface area contributed by atoms with Gasteiger partial charge in [0.2, 0.25) is 0 Å². The van der Waals surface area contributed by atoms with E-state index in [-0.39, 0.29) is 11.4 Å².